The van der Waals surface area contributed by atoms with E-state index in [9.17, 15) is 4.79 Å². The summed E-state index contributed by atoms with van der Waals surface area (Å²) in [5.74, 6) is 3.05. The molecule has 162 valence electrons. The molecule has 9 heteroatoms. The van der Waals surface area contributed by atoms with Crippen LogP contribution < -0.4 is 15.0 Å². The number of aromatic nitrogens is 4. The highest BCUT2D eigenvalue weighted by molar-refractivity contribution is 5.88. The first-order valence-electron chi connectivity index (χ1n) is 10.9. The van der Waals surface area contributed by atoms with Crippen molar-refractivity contribution in [3.63, 3.8) is 0 Å². The minimum absolute atomic E-state index is 0.000907. The fourth-order valence-corrected chi connectivity index (χ4v) is 3.97. The zero-order valence-corrected chi connectivity index (χ0v) is 17.9. The molecule has 2 aliphatic rings. The van der Waals surface area contributed by atoms with Crippen LogP contribution in [0.3, 0.4) is 0 Å². The van der Waals surface area contributed by atoms with Crippen molar-refractivity contribution in [3.05, 3.63) is 36.3 Å². The van der Waals surface area contributed by atoms with Crippen molar-refractivity contribution in [1.82, 2.24) is 30.0 Å². The number of fused-ring (bicyclic) bond motifs is 1. The van der Waals surface area contributed by atoms with E-state index in [0.29, 0.717) is 25.6 Å². The number of hydrogen-bond acceptors (Lipinski definition) is 6. The van der Waals surface area contributed by atoms with Crippen LogP contribution in [0.1, 0.15) is 31.5 Å². The lowest BCUT2D eigenvalue weighted by Gasteiger charge is -2.35. The Morgan fingerprint density at radius 3 is 2.52 bits per heavy atom. The summed E-state index contributed by atoms with van der Waals surface area (Å²) in [5.41, 5.74) is 1.76. The monoisotopic (exact) mass is 421 g/mol. The van der Waals surface area contributed by atoms with Gasteiger partial charge in [-0.3, -0.25) is 0 Å². The number of carbonyl (C=O) groups is 1. The molecule has 1 aromatic carbocycles. The highest BCUT2D eigenvalue weighted by Crippen LogP contribution is 2.40. The number of hydrogen-bond donors (Lipinski definition) is 1. The molecule has 31 heavy (non-hydrogen) atoms. The molecule has 0 atom stereocenters. The van der Waals surface area contributed by atoms with E-state index in [1.807, 2.05) is 47.0 Å². The topological polar surface area (TPSA) is 88.4 Å². The van der Waals surface area contributed by atoms with E-state index < -0.39 is 0 Å². The minimum atomic E-state index is 0.000907. The van der Waals surface area contributed by atoms with Crippen LogP contribution in [0.4, 0.5) is 10.6 Å². The molecule has 1 saturated carbocycles. The third kappa shape index (κ3) is 3.75. The minimum Gasteiger partial charge on any atom is -0.497 e. The number of urea groups is 1. The number of methoxy groups -OCH3 is 1. The number of anilines is 1. The summed E-state index contributed by atoms with van der Waals surface area (Å²) in [6.45, 7) is 5.39. The summed E-state index contributed by atoms with van der Waals surface area (Å²) in [6.07, 6.45) is 4.11. The van der Waals surface area contributed by atoms with E-state index in [4.69, 9.17) is 14.7 Å². The standard InChI is InChI=1S/C22H27N7O2/c1-3-23-22(30)28-12-10-27(11-13-28)20-18-14-24-29(16-6-8-17(31-2)9-7-16)21(18)26-19(25-20)15-4-5-15/h6-9,14-15H,3-5,10-13H2,1-2H3,(H,23,30). The van der Waals surface area contributed by atoms with Gasteiger partial charge in [-0.25, -0.2) is 19.4 Å². The van der Waals surface area contributed by atoms with Gasteiger partial charge in [-0.15, -0.1) is 0 Å². The summed E-state index contributed by atoms with van der Waals surface area (Å²) in [7, 11) is 1.66. The Morgan fingerprint density at radius 1 is 1.13 bits per heavy atom. The van der Waals surface area contributed by atoms with Crippen LogP contribution in [-0.4, -0.2) is 70.5 Å². The van der Waals surface area contributed by atoms with E-state index in [1.165, 1.54) is 0 Å². The summed E-state index contributed by atoms with van der Waals surface area (Å²) in [5, 5.41) is 8.46. The number of piperazine rings is 1. The largest absolute Gasteiger partial charge is 0.497 e. The first-order chi connectivity index (χ1) is 15.2. The van der Waals surface area contributed by atoms with Gasteiger partial charge in [-0.05, 0) is 44.0 Å². The van der Waals surface area contributed by atoms with Crippen LogP contribution in [0.15, 0.2) is 30.5 Å². The van der Waals surface area contributed by atoms with Crippen molar-refractivity contribution in [2.75, 3.05) is 44.7 Å². The normalized spacial score (nSPS) is 16.6. The van der Waals surface area contributed by atoms with Gasteiger partial charge in [0.05, 0.1) is 24.4 Å². The zero-order chi connectivity index (χ0) is 21.4. The molecule has 5 rings (SSSR count). The van der Waals surface area contributed by atoms with Crippen molar-refractivity contribution in [2.45, 2.75) is 25.7 Å². The Labute approximate surface area is 181 Å². The summed E-state index contributed by atoms with van der Waals surface area (Å²) >= 11 is 0. The smallest absolute Gasteiger partial charge is 0.317 e. The molecule has 3 heterocycles. The lowest BCUT2D eigenvalue weighted by atomic mass is 10.2. The van der Waals surface area contributed by atoms with E-state index in [0.717, 1.165) is 60.0 Å². The number of amides is 2. The maximum atomic E-state index is 12.2. The highest BCUT2D eigenvalue weighted by Gasteiger charge is 2.30. The van der Waals surface area contributed by atoms with Crippen LogP contribution in [-0.2, 0) is 0 Å². The Balaban J connectivity index is 1.48. The number of nitrogens with zero attached hydrogens (tertiary/aromatic N) is 6. The molecular weight excluding hydrogens is 394 g/mol. The second-order valence-electron chi connectivity index (χ2n) is 7.98. The molecule has 2 amide bonds. The predicted molar refractivity (Wildman–Crippen MR) is 118 cm³/mol. The molecule has 9 nitrogen and oxygen atoms in total. The van der Waals surface area contributed by atoms with E-state index in [2.05, 4.69) is 15.3 Å². The number of ether oxygens (including phenoxy) is 1. The maximum Gasteiger partial charge on any atom is 0.317 e. The third-order valence-electron chi connectivity index (χ3n) is 5.88. The highest BCUT2D eigenvalue weighted by atomic mass is 16.5. The average Bonchev–Trinajstić information content (AvgIpc) is 3.58. The van der Waals surface area contributed by atoms with Gasteiger partial charge in [0.25, 0.3) is 0 Å². The molecule has 0 radical (unpaired) electrons. The van der Waals surface area contributed by atoms with Crippen molar-refractivity contribution < 1.29 is 9.53 Å². The van der Waals surface area contributed by atoms with Gasteiger partial charge in [0, 0.05) is 38.6 Å². The van der Waals surface area contributed by atoms with Crippen LogP contribution >= 0.6 is 0 Å². The Kier molecular flexibility index (Phi) is 5.09. The first-order valence-corrected chi connectivity index (χ1v) is 10.9. The molecule has 0 bridgehead atoms. The molecule has 0 unspecified atom stereocenters. The molecule has 2 aromatic heterocycles. The summed E-state index contributed by atoms with van der Waals surface area (Å²) in [4.78, 5) is 26.1. The Hall–Kier alpha value is -3.36. The second kappa shape index (κ2) is 8.05. The summed E-state index contributed by atoms with van der Waals surface area (Å²) in [6, 6.07) is 7.81. The van der Waals surface area contributed by atoms with Crippen molar-refractivity contribution in [1.29, 1.82) is 0 Å². The van der Waals surface area contributed by atoms with Crippen LogP contribution in [0.5, 0.6) is 5.75 Å². The number of benzene rings is 1. The average molecular weight is 422 g/mol. The number of carbonyl (C=O) groups excluding carboxylic acids is 1. The molecule has 0 spiro atoms. The van der Waals surface area contributed by atoms with Gasteiger partial charge >= 0.3 is 6.03 Å². The van der Waals surface area contributed by atoms with E-state index in [1.54, 1.807) is 7.11 Å². The van der Waals surface area contributed by atoms with Gasteiger partial charge in [0.1, 0.15) is 17.4 Å². The van der Waals surface area contributed by atoms with Crippen molar-refractivity contribution in [3.8, 4) is 11.4 Å². The molecule has 1 saturated heterocycles. The van der Waals surface area contributed by atoms with Crippen LogP contribution in [0.2, 0.25) is 0 Å². The van der Waals surface area contributed by atoms with Crippen molar-refractivity contribution >= 4 is 22.9 Å². The van der Waals surface area contributed by atoms with E-state index >= 15 is 0 Å². The molecule has 1 aliphatic heterocycles. The van der Waals surface area contributed by atoms with Crippen molar-refractivity contribution in [2.24, 2.45) is 0 Å². The van der Waals surface area contributed by atoms with Crippen LogP contribution in [0, 0.1) is 0 Å². The molecule has 2 fully saturated rings. The van der Waals surface area contributed by atoms with Crippen LogP contribution in [0.25, 0.3) is 16.7 Å². The molecular formula is C22H27N7O2. The SMILES string of the molecule is CCNC(=O)N1CCN(c2nc(C3CC3)nc3c2cnn3-c2ccc(OC)cc2)CC1. The molecule has 1 aliphatic carbocycles. The lowest BCUT2D eigenvalue weighted by molar-refractivity contribution is 0.195. The quantitative estimate of drug-likeness (QED) is 0.681. The second-order valence-corrected chi connectivity index (χ2v) is 7.98. The molecule has 3 aromatic rings. The van der Waals surface area contributed by atoms with Gasteiger partial charge in [-0.2, -0.15) is 5.10 Å². The van der Waals surface area contributed by atoms with Gasteiger partial charge in [0.2, 0.25) is 0 Å². The Bertz CT molecular complexity index is 1080. The van der Waals surface area contributed by atoms with Gasteiger partial charge in [-0.1, -0.05) is 0 Å². The maximum absolute atomic E-state index is 12.2. The lowest BCUT2D eigenvalue weighted by Crippen LogP contribution is -2.52. The summed E-state index contributed by atoms with van der Waals surface area (Å²) < 4.78 is 7.15. The zero-order valence-electron chi connectivity index (χ0n) is 17.9. The Morgan fingerprint density at radius 2 is 1.87 bits per heavy atom. The first kappa shape index (κ1) is 19.6. The van der Waals surface area contributed by atoms with E-state index in [-0.39, 0.29) is 6.03 Å². The third-order valence-corrected chi connectivity index (χ3v) is 5.88. The van der Waals surface area contributed by atoms with Gasteiger partial charge < -0.3 is 19.9 Å². The van der Waals surface area contributed by atoms with Gasteiger partial charge in [0.15, 0.2) is 5.65 Å². The number of nitrogens with one attached hydrogen (secondary N) is 1. The number of rotatable bonds is 5. The molecule has 1 N–H and O–H groups in total. The fourth-order valence-electron chi connectivity index (χ4n) is 3.97. The fraction of sp³-hybridized carbons (Fsp3) is 0.455. The predicted octanol–water partition coefficient (Wildman–Crippen LogP) is 2.55.